The van der Waals surface area contributed by atoms with Gasteiger partial charge in [0.15, 0.2) is 11.4 Å². The Kier molecular flexibility index (Phi) is 13.2. The Hall–Kier alpha value is -6.78. The average molecular weight is 906 g/mol. The number of ether oxygens (including phenoxy) is 1. The lowest BCUT2D eigenvalue weighted by Gasteiger charge is -2.33. The van der Waals surface area contributed by atoms with Crippen LogP contribution in [0.5, 0.6) is 0 Å². The van der Waals surface area contributed by atoms with Crippen LogP contribution in [0.15, 0.2) is 82.5 Å². The lowest BCUT2D eigenvalue weighted by atomic mass is 10.0. The minimum Gasteiger partial charge on any atom is -0.444 e. The van der Waals surface area contributed by atoms with E-state index in [1.165, 1.54) is 33.8 Å². The quantitative estimate of drug-likeness (QED) is 0.0739. The number of halogens is 5. The first-order valence-electron chi connectivity index (χ1n) is 20.8. The largest absolute Gasteiger partial charge is 0.444 e. The Balaban J connectivity index is 0.804. The number of hydrogen-bond acceptors (Lipinski definition) is 12. The third kappa shape index (κ3) is 10.6. The van der Waals surface area contributed by atoms with Crippen molar-refractivity contribution in [2.75, 3.05) is 50.0 Å². The van der Waals surface area contributed by atoms with Gasteiger partial charge in [-0.3, -0.25) is 33.7 Å². The Labute approximate surface area is 366 Å². The maximum atomic E-state index is 14.1. The number of nitrogens with zero attached hydrogens (tertiary/aromatic N) is 7. The van der Waals surface area contributed by atoms with Crippen molar-refractivity contribution in [1.82, 2.24) is 44.4 Å². The summed E-state index contributed by atoms with van der Waals surface area (Å²) in [4.78, 5) is 60.6. The van der Waals surface area contributed by atoms with Gasteiger partial charge in [0.1, 0.15) is 24.7 Å². The average Bonchev–Trinajstić information content (AvgIpc) is 4.01. The highest BCUT2D eigenvalue weighted by atomic mass is 19.4. The molecule has 0 aliphatic carbocycles. The molecule has 2 aliphatic heterocycles. The Morgan fingerprint density at radius 3 is 2.60 bits per heavy atom. The number of nitrogens with one attached hydrogen (secondary N) is 4. The summed E-state index contributed by atoms with van der Waals surface area (Å²) in [5.41, 5.74) is 2.61. The summed E-state index contributed by atoms with van der Waals surface area (Å²) in [5.74, 6) is -1.86. The molecule has 2 aromatic carbocycles. The SMILES string of the molecule is Cn1c(=O)n(C2CCC(=O)NC2=O)c2ccc(CCCN3CCO[C@@H](CNCc4ccc(-n5cc(NC(=O)c6coc(-c7ccnc(NCC(F)(F)F)c7)n6)c(C(F)F)n5)cc4)C3)cc21. The number of imidazole rings is 1. The van der Waals surface area contributed by atoms with E-state index in [0.717, 1.165) is 55.4 Å². The second kappa shape index (κ2) is 19.1. The summed E-state index contributed by atoms with van der Waals surface area (Å²) in [5, 5.41) is 14.3. The summed E-state index contributed by atoms with van der Waals surface area (Å²) in [7, 11) is 1.68. The molecule has 2 fully saturated rings. The Bertz CT molecular complexity index is 2750. The number of oxazole rings is 1. The van der Waals surface area contributed by atoms with Gasteiger partial charge >= 0.3 is 11.9 Å². The predicted molar refractivity (Wildman–Crippen MR) is 226 cm³/mol. The number of hydrogen-bond donors (Lipinski definition) is 4. The number of aryl methyl sites for hydroxylation is 2. The zero-order valence-electron chi connectivity index (χ0n) is 34.9. The second-order valence-electron chi connectivity index (χ2n) is 15.8. The fourth-order valence-corrected chi connectivity index (χ4v) is 7.88. The smallest absolute Gasteiger partial charge is 0.405 e. The van der Waals surface area contributed by atoms with E-state index in [1.807, 2.05) is 30.3 Å². The molecule has 0 radical (unpaired) electrons. The van der Waals surface area contributed by atoms with Crippen molar-refractivity contribution in [3.05, 3.63) is 106 Å². The Morgan fingerprint density at radius 1 is 1.03 bits per heavy atom. The molecule has 1 unspecified atom stereocenters. The van der Waals surface area contributed by atoms with Crippen molar-refractivity contribution >= 4 is 40.3 Å². The first-order chi connectivity index (χ1) is 31.2. The first kappa shape index (κ1) is 44.8. The molecule has 65 heavy (non-hydrogen) atoms. The molecule has 17 nitrogen and oxygen atoms in total. The van der Waals surface area contributed by atoms with Gasteiger partial charge in [-0.1, -0.05) is 18.2 Å². The van der Waals surface area contributed by atoms with Crippen molar-refractivity contribution in [1.29, 1.82) is 0 Å². The Morgan fingerprint density at radius 2 is 1.83 bits per heavy atom. The van der Waals surface area contributed by atoms with Gasteiger partial charge in [-0.25, -0.2) is 28.2 Å². The van der Waals surface area contributed by atoms with Gasteiger partial charge in [0, 0.05) is 51.4 Å². The third-order valence-electron chi connectivity index (χ3n) is 11.2. The number of aromatic nitrogens is 6. The number of amides is 3. The van der Waals surface area contributed by atoms with Crippen molar-refractivity contribution < 1.29 is 45.5 Å². The van der Waals surface area contributed by atoms with Crippen LogP contribution >= 0.6 is 0 Å². The topological polar surface area (TPSA) is 195 Å². The van der Waals surface area contributed by atoms with E-state index < -0.39 is 42.7 Å². The standard InChI is InChI=1S/C43H44F5N11O6/c1-56-34-17-25(6-9-32(34)59(42(56)63)33-10-11-36(60)54-40(33)62)3-2-14-57-15-16-64-29(21-57)20-49-19-26-4-7-28(8-5-26)58-22-30(37(55-58)38(44)45)52-39(61)31-23-65-41(53-31)27-12-13-50-35(18-27)51-24-43(46,47)48/h4-9,12-13,17-18,22-23,29,33,38,49H,2-3,10-11,14-16,19-21,24H2,1H3,(H,50,51)(H,52,61)(H,54,60,62)/t29-,33?/m0/s1. The van der Waals surface area contributed by atoms with Crippen molar-refractivity contribution in [3.8, 4) is 17.1 Å². The van der Waals surface area contributed by atoms with Gasteiger partial charge in [-0.2, -0.15) is 18.3 Å². The number of carbonyl (C=O) groups excluding carboxylic acids is 3. The van der Waals surface area contributed by atoms with E-state index in [1.54, 1.807) is 23.7 Å². The molecule has 2 aliphatic rings. The summed E-state index contributed by atoms with van der Waals surface area (Å²) in [6, 6.07) is 14.9. The number of imide groups is 1. The summed E-state index contributed by atoms with van der Waals surface area (Å²) >= 11 is 0. The first-order valence-corrected chi connectivity index (χ1v) is 20.8. The molecular formula is C43H44F5N11O6. The van der Waals surface area contributed by atoms with E-state index in [9.17, 15) is 41.1 Å². The number of fused-ring (bicyclic) bond motifs is 1. The number of morpholine rings is 1. The van der Waals surface area contributed by atoms with Crippen LogP contribution in [0.3, 0.4) is 0 Å². The van der Waals surface area contributed by atoms with Crippen LogP contribution in [0.1, 0.15) is 59.0 Å². The molecule has 0 bridgehead atoms. The van der Waals surface area contributed by atoms with Crippen LogP contribution in [0.4, 0.5) is 33.5 Å². The van der Waals surface area contributed by atoms with Crippen molar-refractivity contribution in [2.45, 2.75) is 57.0 Å². The highest BCUT2D eigenvalue weighted by molar-refractivity contribution is 6.03. The van der Waals surface area contributed by atoms with E-state index >= 15 is 0 Å². The maximum absolute atomic E-state index is 14.1. The molecule has 6 heterocycles. The molecule has 4 aromatic heterocycles. The van der Waals surface area contributed by atoms with Gasteiger partial charge in [0.2, 0.25) is 17.7 Å². The molecule has 8 rings (SSSR count). The monoisotopic (exact) mass is 905 g/mol. The highest BCUT2D eigenvalue weighted by Crippen LogP contribution is 2.29. The number of carbonyl (C=O) groups is 3. The van der Waals surface area contributed by atoms with Crippen LogP contribution < -0.4 is 27.0 Å². The second-order valence-corrected chi connectivity index (χ2v) is 15.8. The highest BCUT2D eigenvalue weighted by Gasteiger charge is 2.32. The third-order valence-corrected chi connectivity index (χ3v) is 11.2. The molecule has 2 atom stereocenters. The predicted octanol–water partition coefficient (Wildman–Crippen LogP) is 5.14. The van der Waals surface area contributed by atoms with Crippen LogP contribution in [-0.2, 0) is 34.3 Å². The lowest BCUT2D eigenvalue weighted by molar-refractivity contribution is -0.135. The molecule has 342 valence electrons. The van der Waals surface area contributed by atoms with Crippen LogP contribution in [-0.4, -0.2) is 103 Å². The molecule has 0 spiro atoms. The molecule has 6 aromatic rings. The normalized spacial score (nSPS) is 17.2. The molecule has 0 saturated carbocycles. The lowest BCUT2D eigenvalue weighted by Crippen LogP contribution is -2.46. The van der Waals surface area contributed by atoms with Gasteiger partial charge in [-0.15, -0.1) is 0 Å². The number of rotatable bonds is 16. The fourth-order valence-electron chi connectivity index (χ4n) is 7.88. The molecule has 22 heteroatoms. The van der Waals surface area contributed by atoms with Crippen LogP contribution in [0, 0.1) is 0 Å². The minimum absolute atomic E-state index is 0.0345. The fraction of sp³-hybridized carbons (Fsp3) is 0.372. The van der Waals surface area contributed by atoms with Gasteiger partial charge in [0.25, 0.3) is 12.3 Å². The molecule has 4 N–H and O–H groups in total. The summed E-state index contributed by atoms with van der Waals surface area (Å²) in [6.07, 6.45) is -1.90. The van der Waals surface area contributed by atoms with E-state index in [2.05, 4.69) is 41.2 Å². The molecule has 2 saturated heterocycles. The number of piperidine rings is 1. The summed E-state index contributed by atoms with van der Waals surface area (Å²) < 4.78 is 81.6. The zero-order valence-corrected chi connectivity index (χ0v) is 34.9. The summed E-state index contributed by atoms with van der Waals surface area (Å²) in [6.45, 7) is 2.80. The van der Waals surface area contributed by atoms with E-state index in [4.69, 9.17) is 9.15 Å². The maximum Gasteiger partial charge on any atom is 0.405 e. The van der Waals surface area contributed by atoms with E-state index in [-0.39, 0.29) is 59.2 Å². The minimum atomic E-state index is -4.47. The molecule has 3 amide bonds. The number of pyridine rings is 1. The number of benzene rings is 2. The van der Waals surface area contributed by atoms with Gasteiger partial charge < -0.3 is 25.1 Å². The molecular weight excluding hydrogens is 862 g/mol. The number of anilines is 2. The van der Waals surface area contributed by atoms with Gasteiger partial charge in [-0.05, 0) is 73.3 Å². The number of alkyl halides is 5. The van der Waals surface area contributed by atoms with Gasteiger partial charge in [0.05, 0.1) is 41.3 Å². The van der Waals surface area contributed by atoms with Crippen LogP contribution in [0.25, 0.3) is 28.2 Å². The van der Waals surface area contributed by atoms with E-state index in [0.29, 0.717) is 30.9 Å². The van der Waals surface area contributed by atoms with Crippen molar-refractivity contribution in [3.63, 3.8) is 0 Å². The van der Waals surface area contributed by atoms with Crippen molar-refractivity contribution in [2.24, 2.45) is 7.05 Å². The zero-order chi connectivity index (χ0) is 45.8. The van der Waals surface area contributed by atoms with Crippen LogP contribution in [0.2, 0.25) is 0 Å².